The third-order valence-corrected chi connectivity index (χ3v) is 7.37. The van der Waals surface area contributed by atoms with Crippen molar-refractivity contribution in [2.24, 2.45) is 0 Å². The third-order valence-electron chi connectivity index (χ3n) is 7.37. The summed E-state index contributed by atoms with van der Waals surface area (Å²) in [7, 11) is 0. The Labute approximate surface area is 231 Å². The van der Waals surface area contributed by atoms with Crippen LogP contribution in [0.15, 0.2) is 79.1 Å². The van der Waals surface area contributed by atoms with Crippen LogP contribution in [0.5, 0.6) is 0 Å². The summed E-state index contributed by atoms with van der Waals surface area (Å²) in [5.41, 5.74) is 10.1. The topological polar surface area (TPSA) is 89.1 Å². The van der Waals surface area contributed by atoms with Crippen molar-refractivity contribution in [1.29, 1.82) is 0 Å². The fourth-order valence-electron chi connectivity index (χ4n) is 5.19. The molecule has 0 unspecified atom stereocenters. The molecule has 7 nitrogen and oxygen atoms in total. The van der Waals surface area contributed by atoms with Crippen LogP contribution in [0, 0.1) is 0 Å². The average Bonchev–Trinajstić information content (AvgIpc) is 3.38. The number of nitrogens with two attached hydrogens (primary N) is 1. The van der Waals surface area contributed by atoms with Gasteiger partial charge in [-0.15, -0.1) is 0 Å². The summed E-state index contributed by atoms with van der Waals surface area (Å²) in [4.78, 5) is 24.9. The minimum atomic E-state index is -0.202. The quantitative estimate of drug-likeness (QED) is 0.224. The number of likely N-dealkylation sites (tertiary alicyclic amines) is 1. The number of rotatable bonds is 11. The predicted molar refractivity (Wildman–Crippen MR) is 158 cm³/mol. The number of carbonyl (C=O) groups excluding carboxylic acids is 1. The van der Waals surface area contributed by atoms with E-state index in [1.54, 1.807) is 12.3 Å². The third kappa shape index (κ3) is 7.33. The Morgan fingerprint density at radius 1 is 0.872 bits per heavy atom. The van der Waals surface area contributed by atoms with Gasteiger partial charge in [0.2, 0.25) is 5.95 Å². The van der Waals surface area contributed by atoms with E-state index in [0.29, 0.717) is 17.3 Å². The van der Waals surface area contributed by atoms with Crippen LogP contribution in [0.3, 0.4) is 0 Å². The van der Waals surface area contributed by atoms with Crippen LogP contribution in [0.2, 0.25) is 0 Å². The van der Waals surface area contributed by atoms with Gasteiger partial charge in [0.05, 0.1) is 5.69 Å². The van der Waals surface area contributed by atoms with Gasteiger partial charge < -0.3 is 10.6 Å². The van der Waals surface area contributed by atoms with Crippen molar-refractivity contribution in [3.05, 3.63) is 90.4 Å². The smallest absolute Gasteiger partial charge is 0.258 e. The minimum Gasteiger partial charge on any atom is -0.384 e. The maximum Gasteiger partial charge on any atom is 0.258 e. The Morgan fingerprint density at radius 3 is 2.49 bits per heavy atom. The number of hydrogen-bond donors (Lipinski definition) is 2. The Morgan fingerprint density at radius 2 is 1.69 bits per heavy atom. The molecule has 1 fully saturated rings. The van der Waals surface area contributed by atoms with Gasteiger partial charge in [-0.05, 0) is 93.7 Å². The number of pyridine rings is 1. The Hall–Kier alpha value is -3.97. The van der Waals surface area contributed by atoms with Crippen LogP contribution in [0.4, 0.5) is 11.8 Å². The molecular weight excluding hydrogens is 484 g/mol. The fourth-order valence-corrected chi connectivity index (χ4v) is 5.19. The molecule has 0 bridgehead atoms. The molecule has 0 aliphatic carbocycles. The molecule has 39 heavy (non-hydrogen) atoms. The zero-order chi connectivity index (χ0) is 26.9. The lowest BCUT2D eigenvalue weighted by Gasteiger charge is -2.26. The van der Waals surface area contributed by atoms with Gasteiger partial charge >= 0.3 is 0 Å². The van der Waals surface area contributed by atoms with E-state index in [4.69, 9.17) is 10.7 Å². The first kappa shape index (κ1) is 26.6. The molecular formula is C32H38N6O. The first-order valence-electron chi connectivity index (χ1n) is 14.1. The molecule has 0 radical (unpaired) electrons. The highest BCUT2D eigenvalue weighted by Crippen LogP contribution is 2.23. The molecule has 2 aromatic carbocycles. The minimum absolute atomic E-state index is 0.202. The van der Waals surface area contributed by atoms with Gasteiger partial charge in [0.25, 0.3) is 5.91 Å². The van der Waals surface area contributed by atoms with Crippen molar-refractivity contribution in [2.75, 3.05) is 30.7 Å². The highest BCUT2D eigenvalue weighted by molar-refractivity contribution is 6.04. The van der Waals surface area contributed by atoms with Gasteiger partial charge in [0.1, 0.15) is 5.82 Å². The van der Waals surface area contributed by atoms with Crippen molar-refractivity contribution in [2.45, 2.75) is 51.4 Å². The number of hydrogen-bond acceptors (Lipinski definition) is 5. The van der Waals surface area contributed by atoms with E-state index in [1.807, 2.05) is 65.2 Å². The molecule has 4 aromatic rings. The summed E-state index contributed by atoms with van der Waals surface area (Å²) in [5.74, 6) is 0.798. The van der Waals surface area contributed by atoms with Crippen molar-refractivity contribution in [3.63, 3.8) is 0 Å². The van der Waals surface area contributed by atoms with Crippen LogP contribution >= 0.6 is 0 Å². The Balaban J connectivity index is 1.23. The van der Waals surface area contributed by atoms with Gasteiger partial charge in [0, 0.05) is 29.2 Å². The molecule has 1 aliphatic rings. The number of carbonyl (C=O) groups is 1. The first-order valence-corrected chi connectivity index (χ1v) is 14.1. The maximum absolute atomic E-state index is 13.3. The van der Waals surface area contributed by atoms with E-state index >= 15 is 0 Å². The number of nitrogens with zero attached hydrogens (tertiary/aromatic N) is 4. The second-order valence-corrected chi connectivity index (χ2v) is 10.3. The number of para-hydroxylation sites is 1. The van der Waals surface area contributed by atoms with Gasteiger partial charge in [-0.25, -0.2) is 9.97 Å². The van der Waals surface area contributed by atoms with Crippen LogP contribution in [0.1, 0.15) is 61.0 Å². The van der Waals surface area contributed by atoms with Gasteiger partial charge in [-0.3, -0.25) is 14.7 Å². The number of unbranched alkanes of at least 4 members (excludes halogenated alkanes) is 3. The van der Waals surface area contributed by atoms with E-state index < -0.39 is 0 Å². The van der Waals surface area contributed by atoms with Crippen LogP contribution in [-0.2, 0) is 6.42 Å². The van der Waals surface area contributed by atoms with Crippen molar-refractivity contribution in [3.8, 4) is 16.8 Å². The number of nitrogens with one attached hydrogen (secondary N) is 1. The van der Waals surface area contributed by atoms with Crippen molar-refractivity contribution in [1.82, 2.24) is 19.4 Å². The van der Waals surface area contributed by atoms with Crippen LogP contribution < -0.4 is 11.1 Å². The second-order valence-electron chi connectivity index (χ2n) is 10.3. The van der Waals surface area contributed by atoms with Crippen molar-refractivity contribution < 1.29 is 4.79 Å². The lowest BCUT2D eigenvalue weighted by molar-refractivity contribution is 0.102. The molecule has 3 N–H and O–H groups in total. The Kier molecular flexibility index (Phi) is 9.01. The standard InChI is InChI=1S/C32H38N6O/c33-30-18-17-27(23-34-30)25-12-11-13-26(22-25)31(39)36-32-35-28(24-38(32)29-15-6-3-7-16-29)14-5-1-2-8-19-37-20-9-4-10-21-37/h3,6-7,11-13,15-18,22-24H,1-2,4-5,8-10,14,19-21H2,(H2,33,34)(H,35,36,39). The molecule has 3 heterocycles. The monoisotopic (exact) mass is 522 g/mol. The molecule has 7 heteroatoms. The van der Waals surface area contributed by atoms with Gasteiger partial charge in [0.15, 0.2) is 0 Å². The summed E-state index contributed by atoms with van der Waals surface area (Å²) in [6, 6.07) is 21.2. The van der Waals surface area contributed by atoms with Crippen LogP contribution in [0.25, 0.3) is 16.8 Å². The predicted octanol–water partition coefficient (Wildman–Crippen LogP) is 6.36. The average molecular weight is 523 g/mol. The summed E-state index contributed by atoms with van der Waals surface area (Å²) in [6.07, 6.45) is 13.6. The van der Waals surface area contributed by atoms with E-state index in [1.165, 1.54) is 58.2 Å². The summed E-state index contributed by atoms with van der Waals surface area (Å²) in [6.45, 7) is 3.78. The van der Waals surface area contributed by atoms with Crippen molar-refractivity contribution >= 4 is 17.7 Å². The lowest BCUT2D eigenvalue weighted by atomic mass is 10.0. The van der Waals surface area contributed by atoms with E-state index in [-0.39, 0.29) is 5.91 Å². The highest BCUT2D eigenvalue weighted by atomic mass is 16.1. The van der Waals surface area contributed by atoms with Gasteiger partial charge in [-0.1, -0.05) is 49.6 Å². The number of aryl methyl sites for hydroxylation is 1. The fraction of sp³-hybridized carbons (Fsp3) is 0.344. The lowest BCUT2D eigenvalue weighted by Crippen LogP contribution is -2.30. The number of benzene rings is 2. The number of piperidine rings is 1. The molecule has 1 saturated heterocycles. The molecule has 0 atom stereocenters. The summed E-state index contributed by atoms with van der Waals surface area (Å²) in [5, 5.41) is 3.05. The normalized spacial score (nSPS) is 13.8. The molecule has 202 valence electrons. The molecule has 0 saturated carbocycles. The Bertz CT molecular complexity index is 1340. The molecule has 2 aromatic heterocycles. The SMILES string of the molecule is Nc1ccc(-c2cccc(C(=O)Nc3nc(CCCCCCN4CCCCC4)cn3-c3ccccc3)c2)cn1. The number of anilines is 2. The van der Waals surface area contributed by atoms with Gasteiger partial charge in [-0.2, -0.15) is 0 Å². The van der Waals surface area contributed by atoms with E-state index in [2.05, 4.69) is 21.4 Å². The highest BCUT2D eigenvalue weighted by Gasteiger charge is 2.15. The largest absolute Gasteiger partial charge is 0.384 e. The summed E-state index contributed by atoms with van der Waals surface area (Å²) >= 11 is 0. The number of nitrogen functional groups attached to an aromatic ring is 1. The molecule has 1 aliphatic heterocycles. The zero-order valence-corrected chi connectivity index (χ0v) is 22.6. The molecule has 1 amide bonds. The molecule has 0 spiro atoms. The molecule has 5 rings (SSSR count). The zero-order valence-electron chi connectivity index (χ0n) is 22.6. The maximum atomic E-state index is 13.3. The first-order chi connectivity index (χ1) is 19.2. The number of aromatic nitrogens is 3. The number of amides is 1. The van der Waals surface area contributed by atoms with E-state index in [0.717, 1.165) is 35.3 Å². The van der Waals surface area contributed by atoms with Crippen LogP contribution in [-0.4, -0.2) is 45.0 Å². The summed E-state index contributed by atoms with van der Waals surface area (Å²) < 4.78 is 1.97. The second kappa shape index (κ2) is 13.2. The van der Waals surface area contributed by atoms with E-state index in [9.17, 15) is 4.79 Å². The number of imidazole rings is 1.